The Hall–Kier alpha value is -3.46. The maximum absolute atomic E-state index is 14.7. The second kappa shape index (κ2) is 17.3. The lowest BCUT2D eigenvalue weighted by Gasteiger charge is -2.24. The molecule has 0 saturated carbocycles. The van der Waals surface area contributed by atoms with E-state index in [1.165, 1.54) is 42.6 Å². The molecular formula is C27H28Cl3F2N5O3. The van der Waals surface area contributed by atoms with Crippen molar-refractivity contribution in [1.82, 2.24) is 20.5 Å². The van der Waals surface area contributed by atoms with Crippen LogP contribution in [0.3, 0.4) is 0 Å². The van der Waals surface area contributed by atoms with Crippen LogP contribution in [0.5, 0.6) is 11.5 Å². The van der Waals surface area contributed by atoms with E-state index < -0.39 is 23.6 Å². The summed E-state index contributed by atoms with van der Waals surface area (Å²) in [5.74, 6) is 4.72. The zero-order valence-corrected chi connectivity index (χ0v) is 23.6. The normalized spacial score (nSPS) is 12.2. The maximum atomic E-state index is 14.7. The molecule has 8 nitrogen and oxygen atoms in total. The van der Waals surface area contributed by atoms with Crippen molar-refractivity contribution in [3.8, 4) is 23.3 Å². The van der Waals surface area contributed by atoms with Crippen molar-refractivity contribution < 1.29 is 23.1 Å². The number of benzene rings is 2. The molecule has 2 heterocycles. The second-order valence-corrected chi connectivity index (χ2v) is 8.25. The van der Waals surface area contributed by atoms with Gasteiger partial charge < -0.3 is 15.4 Å². The van der Waals surface area contributed by atoms with E-state index in [1.54, 1.807) is 12.3 Å². The lowest BCUT2D eigenvalue weighted by atomic mass is 10.1. The minimum absolute atomic E-state index is 0. The zero-order valence-electron chi connectivity index (χ0n) is 21.1. The smallest absolute Gasteiger partial charge is 0.325 e. The third kappa shape index (κ3) is 10.6. The van der Waals surface area contributed by atoms with E-state index in [9.17, 15) is 18.4 Å². The van der Waals surface area contributed by atoms with Gasteiger partial charge in [0.2, 0.25) is 5.91 Å². The van der Waals surface area contributed by atoms with Crippen LogP contribution in [-0.2, 0) is 11.2 Å². The van der Waals surface area contributed by atoms with Gasteiger partial charge >= 0.3 is 6.03 Å². The van der Waals surface area contributed by atoms with Gasteiger partial charge in [-0.05, 0) is 29.8 Å². The Kier molecular flexibility index (Phi) is 14.9. The zero-order chi connectivity index (χ0) is 26.0. The number of piperazine rings is 1. The van der Waals surface area contributed by atoms with Crippen molar-refractivity contribution in [2.75, 3.05) is 38.0 Å². The van der Waals surface area contributed by atoms with Crippen LogP contribution < -0.4 is 20.7 Å². The monoisotopic (exact) mass is 613 g/mol. The highest BCUT2D eigenvalue weighted by Crippen LogP contribution is 2.28. The number of nitrogens with zero attached hydrogens (tertiary/aromatic N) is 2. The minimum atomic E-state index is -0.823. The summed E-state index contributed by atoms with van der Waals surface area (Å²) in [5.41, 5.74) is 1.20. The number of hydrogen-bond donors (Lipinski definition) is 3. The van der Waals surface area contributed by atoms with Gasteiger partial charge in [-0.2, -0.15) is 0 Å². The molecule has 0 unspecified atom stereocenters. The molecule has 3 aromatic rings. The predicted octanol–water partition coefficient (Wildman–Crippen LogP) is 4.57. The van der Waals surface area contributed by atoms with Crippen LogP contribution in [0.1, 0.15) is 11.1 Å². The summed E-state index contributed by atoms with van der Waals surface area (Å²) in [4.78, 5) is 30.5. The third-order valence-electron chi connectivity index (χ3n) is 5.46. The molecule has 3 amide bonds. The first-order valence-corrected chi connectivity index (χ1v) is 11.6. The Morgan fingerprint density at radius 3 is 2.42 bits per heavy atom. The number of carbonyl (C=O) groups excluding carboxylic acids is 2. The number of pyridine rings is 1. The Bertz CT molecular complexity index is 1330. The molecule has 4 rings (SSSR count). The fourth-order valence-corrected chi connectivity index (χ4v) is 3.58. The topological polar surface area (TPSA) is 95.6 Å². The number of nitrogens with one attached hydrogen (secondary N) is 3. The molecule has 2 aromatic carbocycles. The maximum Gasteiger partial charge on any atom is 0.325 e. The number of imide groups is 1. The molecule has 1 aromatic heterocycles. The highest BCUT2D eigenvalue weighted by atomic mass is 35.5. The summed E-state index contributed by atoms with van der Waals surface area (Å²) in [6, 6.07) is 10.0. The number of amides is 3. The minimum Gasteiger partial charge on any atom is -0.453 e. The number of aromatic nitrogens is 1. The highest BCUT2D eigenvalue weighted by Gasteiger charge is 2.13. The number of carbonyl (C=O) groups is 2. The van der Waals surface area contributed by atoms with E-state index in [2.05, 4.69) is 37.7 Å². The fourth-order valence-electron chi connectivity index (χ4n) is 3.58. The van der Waals surface area contributed by atoms with Crippen LogP contribution in [0, 0.1) is 23.5 Å². The van der Waals surface area contributed by atoms with Crippen LogP contribution in [0.2, 0.25) is 0 Å². The number of urea groups is 1. The number of anilines is 1. The van der Waals surface area contributed by atoms with Crippen LogP contribution in [0.25, 0.3) is 0 Å². The molecular weight excluding hydrogens is 587 g/mol. The molecule has 0 radical (unpaired) electrons. The summed E-state index contributed by atoms with van der Waals surface area (Å²) in [7, 11) is 0. The standard InChI is InChI=1S/C27H25F2N5O3.3ClH/c28-21-5-3-19(4-6-21)16-26(35)33-27(36)32-22-7-8-25(23(29)17-22)37-24-9-10-31-18-20(24)2-1-13-34-14-11-30-12-15-34;;;/h3-10,17-18,30H,11-16H2,(H2,32,33,35,36);3*1H. The molecule has 0 spiro atoms. The molecule has 214 valence electrons. The Morgan fingerprint density at radius 1 is 1.00 bits per heavy atom. The largest absolute Gasteiger partial charge is 0.453 e. The molecule has 1 fully saturated rings. The van der Waals surface area contributed by atoms with Gasteiger partial charge in [0, 0.05) is 56.4 Å². The molecule has 1 aliphatic rings. The fraction of sp³-hybridized carbons (Fsp3) is 0.222. The molecule has 40 heavy (non-hydrogen) atoms. The molecule has 1 aliphatic heterocycles. The van der Waals surface area contributed by atoms with E-state index in [1.807, 2.05) is 0 Å². The molecule has 0 aliphatic carbocycles. The van der Waals surface area contributed by atoms with Crippen molar-refractivity contribution in [2.24, 2.45) is 0 Å². The van der Waals surface area contributed by atoms with Crippen LogP contribution in [0.15, 0.2) is 60.9 Å². The molecule has 0 atom stereocenters. The van der Waals surface area contributed by atoms with Gasteiger partial charge in [0.1, 0.15) is 11.6 Å². The van der Waals surface area contributed by atoms with E-state index in [0.29, 0.717) is 23.4 Å². The van der Waals surface area contributed by atoms with Crippen molar-refractivity contribution in [2.45, 2.75) is 6.42 Å². The SMILES string of the molecule is Cl.Cl.Cl.O=C(Cc1ccc(F)cc1)NC(=O)Nc1ccc(Oc2ccncc2C#CCN2CCNCC2)c(F)c1. The number of rotatable bonds is 6. The van der Waals surface area contributed by atoms with Crippen molar-refractivity contribution in [3.63, 3.8) is 0 Å². The lowest BCUT2D eigenvalue weighted by molar-refractivity contribution is -0.119. The number of halogens is 5. The first-order chi connectivity index (χ1) is 18.0. The van der Waals surface area contributed by atoms with Crippen molar-refractivity contribution in [1.29, 1.82) is 0 Å². The number of ether oxygens (including phenoxy) is 1. The van der Waals surface area contributed by atoms with Crippen molar-refractivity contribution >= 4 is 54.8 Å². The molecule has 13 heteroatoms. The number of hydrogen-bond acceptors (Lipinski definition) is 6. The van der Waals surface area contributed by atoms with Crippen LogP contribution in [-0.4, -0.2) is 54.5 Å². The summed E-state index contributed by atoms with van der Waals surface area (Å²) in [6.07, 6.45) is 2.97. The first kappa shape index (κ1) is 34.6. The van der Waals surface area contributed by atoms with Gasteiger partial charge in [0.15, 0.2) is 11.6 Å². The van der Waals surface area contributed by atoms with Crippen molar-refractivity contribution in [3.05, 3.63) is 83.7 Å². The Morgan fingerprint density at radius 2 is 1.73 bits per heavy atom. The third-order valence-corrected chi connectivity index (χ3v) is 5.46. The van der Waals surface area contributed by atoms with Gasteiger partial charge in [-0.1, -0.05) is 24.0 Å². The molecule has 3 N–H and O–H groups in total. The van der Waals surface area contributed by atoms with E-state index >= 15 is 0 Å². The average molecular weight is 615 g/mol. The van der Waals surface area contributed by atoms with Gasteiger partial charge in [0.05, 0.1) is 18.5 Å². The Balaban J connectivity index is 0.00000267. The summed E-state index contributed by atoms with van der Waals surface area (Å²) >= 11 is 0. The molecule has 1 saturated heterocycles. The summed E-state index contributed by atoms with van der Waals surface area (Å²) in [5, 5.41) is 7.84. The van der Waals surface area contributed by atoms with E-state index in [4.69, 9.17) is 4.74 Å². The first-order valence-electron chi connectivity index (χ1n) is 11.6. The van der Waals surface area contributed by atoms with Crippen LogP contribution in [0.4, 0.5) is 19.3 Å². The van der Waals surface area contributed by atoms with Gasteiger partial charge in [0.25, 0.3) is 0 Å². The predicted molar refractivity (Wildman–Crippen MR) is 156 cm³/mol. The van der Waals surface area contributed by atoms with Crippen LogP contribution >= 0.6 is 37.2 Å². The van der Waals surface area contributed by atoms with E-state index in [0.717, 1.165) is 32.2 Å². The van der Waals surface area contributed by atoms with Gasteiger partial charge in [-0.25, -0.2) is 13.6 Å². The average Bonchev–Trinajstić information content (AvgIpc) is 2.88. The van der Waals surface area contributed by atoms with Gasteiger partial charge in [-0.3, -0.25) is 20.0 Å². The summed E-state index contributed by atoms with van der Waals surface area (Å²) < 4.78 is 33.4. The highest BCUT2D eigenvalue weighted by molar-refractivity contribution is 6.01. The Labute approximate surface area is 249 Å². The summed E-state index contributed by atoms with van der Waals surface area (Å²) in [6.45, 7) is 4.33. The van der Waals surface area contributed by atoms with Gasteiger partial charge in [-0.15, -0.1) is 37.2 Å². The quantitative estimate of drug-likeness (QED) is 0.353. The van der Waals surface area contributed by atoms with E-state index in [-0.39, 0.29) is 55.1 Å². The molecule has 0 bridgehead atoms. The lowest BCUT2D eigenvalue weighted by Crippen LogP contribution is -2.43. The second-order valence-electron chi connectivity index (χ2n) is 8.25.